The Labute approximate surface area is 122 Å². The molecule has 0 atom stereocenters. The summed E-state index contributed by atoms with van der Waals surface area (Å²) in [6, 6.07) is 18.0. The van der Waals surface area contributed by atoms with Gasteiger partial charge < -0.3 is 4.42 Å². The molecule has 0 amide bonds. The third-order valence-electron chi connectivity index (χ3n) is 3.03. The Bertz CT molecular complexity index is 705. The Morgan fingerprint density at radius 2 is 1.65 bits per heavy atom. The molecule has 1 heterocycles. The molecule has 0 aliphatic rings. The molecule has 1 aromatic heterocycles. The molecule has 2 aromatic carbocycles. The van der Waals surface area contributed by atoms with Gasteiger partial charge in [-0.15, -0.1) is 0 Å². The van der Waals surface area contributed by atoms with Gasteiger partial charge in [-0.1, -0.05) is 30.3 Å². The van der Waals surface area contributed by atoms with E-state index in [0.29, 0.717) is 5.89 Å². The zero-order chi connectivity index (χ0) is 13.9. The number of nitrogens with zero attached hydrogens (tertiary/aromatic N) is 1. The van der Waals surface area contributed by atoms with Gasteiger partial charge in [-0.3, -0.25) is 5.14 Å². The summed E-state index contributed by atoms with van der Waals surface area (Å²) in [5, 5.41) is 5.54. The average Bonchev–Trinajstić information content (AvgIpc) is 2.90. The maximum absolute atomic E-state index is 5.78. The third-order valence-corrected chi connectivity index (χ3v) is 3.58. The molecule has 3 rings (SSSR count). The Hall–Kier alpha value is -2.04. The second kappa shape index (κ2) is 5.53. The van der Waals surface area contributed by atoms with E-state index < -0.39 is 0 Å². The van der Waals surface area contributed by atoms with Crippen molar-refractivity contribution in [2.45, 2.75) is 11.8 Å². The highest BCUT2D eigenvalue weighted by molar-refractivity contribution is 7.97. The highest BCUT2D eigenvalue weighted by Gasteiger charge is 2.14. The Kier molecular flexibility index (Phi) is 3.58. The summed E-state index contributed by atoms with van der Waals surface area (Å²) in [7, 11) is 0. The van der Waals surface area contributed by atoms with Crippen LogP contribution in [0.4, 0.5) is 0 Å². The van der Waals surface area contributed by atoms with Crippen molar-refractivity contribution in [2.24, 2.45) is 5.14 Å². The van der Waals surface area contributed by atoms with Crippen molar-refractivity contribution in [2.75, 3.05) is 0 Å². The van der Waals surface area contributed by atoms with E-state index in [2.05, 4.69) is 4.98 Å². The first kappa shape index (κ1) is 13.0. The fraction of sp³-hybridized carbons (Fsp3) is 0.0625. The average molecular weight is 282 g/mol. The molecule has 0 fully saturated rings. The molecule has 0 aliphatic carbocycles. The zero-order valence-electron chi connectivity index (χ0n) is 11.0. The third kappa shape index (κ3) is 2.48. The molecule has 3 nitrogen and oxygen atoms in total. The minimum Gasteiger partial charge on any atom is -0.440 e. The van der Waals surface area contributed by atoms with Crippen LogP contribution in [0.2, 0.25) is 0 Å². The standard InChI is InChI=1S/C16H14N2OS/c1-11-18-15(12-5-3-2-4-6-12)16(19-11)13-7-9-14(20-17)10-8-13/h2-10H,17H2,1H3. The smallest absolute Gasteiger partial charge is 0.192 e. The highest BCUT2D eigenvalue weighted by Crippen LogP contribution is 2.33. The summed E-state index contributed by atoms with van der Waals surface area (Å²) in [5.41, 5.74) is 2.93. The number of aryl methyl sites for hydroxylation is 1. The fourth-order valence-electron chi connectivity index (χ4n) is 2.10. The number of benzene rings is 2. The number of hydrogen-bond donors (Lipinski definition) is 1. The molecule has 3 aromatic rings. The SMILES string of the molecule is Cc1nc(-c2ccccc2)c(-c2ccc(SN)cc2)o1. The fourth-order valence-corrected chi connectivity index (χ4v) is 2.39. The van der Waals surface area contributed by atoms with Crippen molar-refractivity contribution in [1.29, 1.82) is 0 Å². The molecule has 0 radical (unpaired) electrons. The van der Waals surface area contributed by atoms with Gasteiger partial charge in [0, 0.05) is 22.9 Å². The van der Waals surface area contributed by atoms with E-state index in [0.717, 1.165) is 27.5 Å². The van der Waals surface area contributed by atoms with Gasteiger partial charge >= 0.3 is 0 Å². The predicted molar refractivity (Wildman–Crippen MR) is 82.2 cm³/mol. The first-order valence-electron chi connectivity index (χ1n) is 6.28. The van der Waals surface area contributed by atoms with Gasteiger partial charge in [-0.2, -0.15) is 0 Å². The Balaban J connectivity index is 2.09. The normalized spacial score (nSPS) is 10.7. The van der Waals surface area contributed by atoms with Crippen LogP contribution in [0, 0.1) is 6.92 Å². The summed E-state index contributed by atoms with van der Waals surface area (Å²) in [5.74, 6) is 1.46. The number of aromatic nitrogens is 1. The summed E-state index contributed by atoms with van der Waals surface area (Å²) in [6.07, 6.45) is 0. The molecule has 0 bridgehead atoms. The summed E-state index contributed by atoms with van der Waals surface area (Å²) >= 11 is 1.23. The molecule has 20 heavy (non-hydrogen) atoms. The molecule has 2 N–H and O–H groups in total. The van der Waals surface area contributed by atoms with Crippen molar-refractivity contribution in [3.05, 3.63) is 60.5 Å². The van der Waals surface area contributed by atoms with Gasteiger partial charge in [0.25, 0.3) is 0 Å². The minimum absolute atomic E-state index is 0.663. The summed E-state index contributed by atoms with van der Waals surface area (Å²) in [4.78, 5) is 5.52. The lowest BCUT2D eigenvalue weighted by atomic mass is 10.1. The van der Waals surface area contributed by atoms with Crippen LogP contribution in [-0.4, -0.2) is 4.98 Å². The van der Waals surface area contributed by atoms with E-state index in [1.165, 1.54) is 11.9 Å². The molecular weight excluding hydrogens is 268 g/mol. The van der Waals surface area contributed by atoms with Gasteiger partial charge in [-0.25, -0.2) is 4.98 Å². The molecule has 0 unspecified atom stereocenters. The van der Waals surface area contributed by atoms with E-state index in [1.807, 2.05) is 61.5 Å². The largest absolute Gasteiger partial charge is 0.440 e. The topological polar surface area (TPSA) is 52.0 Å². The van der Waals surface area contributed by atoms with Crippen molar-refractivity contribution in [3.63, 3.8) is 0 Å². The van der Waals surface area contributed by atoms with Gasteiger partial charge in [0.2, 0.25) is 0 Å². The van der Waals surface area contributed by atoms with Gasteiger partial charge in [0.05, 0.1) is 0 Å². The highest BCUT2D eigenvalue weighted by atomic mass is 32.2. The predicted octanol–water partition coefficient (Wildman–Crippen LogP) is 4.28. The quantitative estimate of drug-likeness (QED) is 0.728. The maximum atomic E-state index is 5.78. The number of oxazole rings is 1. The van der Waals surface area contributed by atoms with Crippen molar-refractivity contribution in [3.8, 4) is 22.6 Å². The Morgan fingerprint density at radius 1 is 0.950 bits per heavy atom. The molecule has 0 saturated carbocycles. The van der Waals surface area contributed by atoms with Crippen LogP contribution in [-0.2, 0) is 0 Å². The second-order valence-electron chi connectivity index (χ2n) is 4.42. The van der Waals surface area contributed by atoms with Gasteiger partial charge in [0.1, 0.15) is 5.69 Å². The van der Waals surface area contributed by atoms with E-state index in [4.69, 9.17) is 9.56 Å². The summed E-state index contributed by atoms with van der Waals surface area (Å²) < 4.78 is 5.78. The number of hydrogen-bond acceptors (Lipinski definition) is 4. The number of rotatable bonds is 3. The lowest BCUT2D eigenvalue weighted by Crippen LogP contribution is -1.83. The molecule has 4 heteroatoms. The number of nitrogens with two attached hydrogens (primary N) is 1. The van der Waals surface area contributed by atoms with E-state index >= 15 is 0 Å². The molecule has 0 saturated heterocycles. The van der Waals surface area contributed by atoms with Gasteiger partial charge in [-0.05, 0) is 36.2 Å². The van der Waals surface area contributed by atoms with Crippen LogP contribution in [0.1, 0.15) is 5.89 Å². The van der Waals surface area contributed by atoms with Crippen LogP contribution in [0.15, 0.2) is 63.9 Å². The first-order valence-corrected chi connectivity index (χ1v) is 7.16. The lowest BCUT2D eigenvalue weighted by Gasteiger charge is -2.02. The molecule has 0 spiro atoms. The van der Waals surface area contributed by atoms with E-state index in [-0.39, 0.29) is 0 Å². The van der Waals surface area contributed by atoms with E-state index in [9.17, 15) is 0 Å². The van der Waals surface area contributed by atoms with Crippen LogP contribution in [0.5, 0.6) is 0 Å². The second-order valence-corrected chi connectivity index (χ2v) is 5.13. The van der Waals surface area contributed by atoms with Crippen LogP contribution in [0.3, 0.4) is 0 Å². The van der Waals surface area contributed by atoms with Crippen LogP contribution >= 0.6 is 11.9 Å². The Morgan fingerprint density at radius 3 is 2.30 bits per heavy atom. The van der Waals surface area contributed by atoms with Crippen molar-refractivity contribution < 1.29 is 4.42 Å². The maximum Gasteiger partial charge on any atom is 0.192 e. The van der Waals surface area contributed by atoms with Crippen LogP contribution < -0.4 is 5.14 Å². The molecular formula is C16H14N2OS. The van der Waals surface area contributed by atoms with Gasteiger partial charge in [0.15, 0.2) is 11.7 Å². The van der Waals surface area contributed by atoms with Crippen LogP contribution in [0.25, 0.3) is 22.6 Å². The van der Waals surface area contributed by atoms with Crippen molar-refractivity contribution >= 4 is 11.9 Å². The van der Waals surface area contributed by atoms with E-state index in [1.54, 1.807) is 0 Å². The van der Waals surface area contributed by atoms with Crippen molar-refractivity contribution in [1.82, 2.24) is 4.98 Å². The summed E-state index contributed by atoms with van der Waals surface area (Å²) in [6.45, 7) is 1.86. The molecule has 0 aliphatic heterocycles. The first-order chi connectivity index (χ1) is 9.78. The minimum atomic E-state index is 0.663. The zero-order valence-corrected chi connectivity index (χ0v) is 11.9. The lowest BCUT2D eigenvalue weighted by molar-refractivity contribution is 0.534. The molecule has 100 valence electrons. The monoisotopic (exact) mass is 282 g/mol.